The molecule has 1 heterocycles. The van der Waals surface area contributed by atoms with Crippen molar-refractivity contribution < 1.29 is 0 Å². The number of aromatic nitrogens is 2. The lowest BCUT2D eigenvalue weighted by molar-refractivity contribution is 1.17. The van der Waals surface area contributed by atoms with Gasteiger partial charge in [0.25, 0.3) is 0 Å². The predicted octanol–water partition coefficient (Wildman–Crippen LogP) is 1.98. The second kappa shape index (κ2) is 4.49. The van der Waals surface area contributed by atoms with Gasteiger partial charge in [-0.3, -0.25) is 0 Å². The summed E-state index contributed by atoms with van der Waals surface area (Å²) in [5.41, 5.74) is 7.79. The molecule has 0 atom stereocenters. The van der Waals surface area contributed by atoms with Crippen LogP contribution in [0.15, 0.2) is 30.6 Å². The number of anilines is 3. The molecule has 2 aromatic rings. The van der Waals surface area contributed by atoms with Crippen LogP contribution in [-0.4, -0.2) is 9.97 Å². The quantitative estimate of drug-likeness (QED) is 0.815. The number of hydrogen-bond acceptors (Lipinski definition) is 5. The lowest BCUT2D eigenvalue weighted by atomic mass is 10.1. The van der Waals surface area contributed by atoms with Gasteiger partial charge in [0.1, 0.15) is 24.0 Å². The molecule has 0 saturated heterocycles. The topological polar surface area (TPSA) is 87.6 Å². The molecule has 1 aromatic carbocycles. The molecule has 0 amide bonds. The summed E-state index contributed by atoms with van der Waals surface area (Å²) in [7, 11) is 0. The molecule has 0 fully saturated rings. The van der Waals surface area contributed by atoms with Gasteiger partial charge in [-0.05, 0) is 18.6 Å². The SMILES string of the molecule is Cc1cccc(Nc2cc(N)ncn2)c1C#N. The average molecular weight is 225 g/mol. The highest BCUT2D eigenvalue weighted by Crippen LogP contribution is 2.22. The molecule has 3 N–H and O–H groups in total. The van der Waals surface area contributed by atoms with Gasteiger partial charge in [-0.15, -0.1) is 0 Å². The molecule has 17 heavy (non-hydrogen) atoms. The van der Waals surface area contributed by atoms with Gasteiger partial charge in [0, 0.05) is 6.07 Å². The van der Waals surface area contributed by atoms with Gasteiger partial charge in [-0.2, -0.15) is 5.26 Å². The molecule has 0 saturated carbocycles. The molecule has 84 valence electrons. The number of aryl methyl sites for hydroxylation is 1. The summed E-state index contributed by atoms with van der Waals surface area (Å²) in [5.74, 6) is 0.952. The van der Waals surface area contributed by atoms with Gasteiger partial charge in [-0.1, -0.05) is 12.1 Å². The fraction of sp³-hybridized carbons (Fsp3) is 0.0833. The van der Waals surface area contributed by atoms with Gasteiger partial charge in [0.05, 0.1) is 11.3 Å². The van der Waals surface area contributed by atoms with Crippen molar-refractivity contribution in [2.75, 3.05) is 11.1 Å². The third-order valence-electron chi connectivity index (χ3n) is 2.34. The Balaban J connectivity index is 2.37. The first-order chi connectivity index (χ1) is 8.20. The Kier molecular flexibility index (Phi) is 2.88. The van der Waals surface area contributed by atoms with Crippen molar-refractivity contribution >= 4 is 17.3 Å². The van der Waals surface area contributed by atoms with Gasteiger partial charge < -0.3 is 11.1 Å². The van der Waals surface area contributed by atoms with Crippen LogP contribution in [0, 0.1) is 18.3 Å². The highest BCUT2D eigenvalue weighted by Gasteiger charge is 2.05. The van der Waals surface area contributed by atoms with E-state index in [-0.39, 0.29) is 0 Å². The van der Waals surface area contributed by atoms with E-state index < -0.39 is 0 Å². The summed E-state index contributed by atoms with van der Waals surface area (Å²) < 4.78 is 0. The van der Waals surface area contributed by atoms with Crippen LogP contribution in [0.2, 0.25) is 0 Å². The molecule has 0 aliphatic carbocycles. The summed E-state index contributed by atoms with van der Waals surface area (Å²) in [4.78, 5) is 7.83. The van der Waals surface area contributed by atoms with Crippen LogP contribution in [0.25, 0.3) is 0 Å². The van der Waals surface area contributed by atoms with E-state index >= 15 is 0 Å². The second-order valence-corrected chi connectivity index (χ2v) is 3.56. The lowest BCUT2D eigenvalue weighted by Gasteiger charge is -2.08. The molecule has 0 radical (unpaired) electrons. The van der Waals surface area contributed by atoms with Crippen LogP contribution >= 0.6 is 0 Å². The van der Waals surface area contributed by atoms with E-state index in [9.17, 15) is 0 Å². The Morgan fingerprint density at radius 3 is 2.88 bits per heavy atom. The fourth-order valence-electron chi connectivity index (χ4n) is 1.50. The lowest BCUT2D eigenvalue weighted by Crippen LogP contribution is -1.99. The first kappa shape index (κ1) is 10.9. The molecule has 0 bridgehead atoms. The summed E-state index contributed by atoms with van der Waals surface area (Å²) in [6, 6.07) is 9.36. The summed E-state index contributed by atoms with van der Waals surface area (Å²) >= 11 is 0. The predicted molar refractivity (Wildman–Crippen MR) is 65.6 cm³/mol. The molecule has 5 heteroatoms. The van der Waals surface area contributed by atoms with E-state index in [0.717, 1.165) is 5.56 Å². The maximum Gasteiger partial charge on any atom is 0.135 e. The van der Waals surface area contributed by atoms with Crippen LogP contribution in [0.3, 0.4) is 0 Å². The molecule has 2 rings (SSSR count). The third-order valence-corrected chi connectivity index (χ3v) is 2.34. The molecule has 1 aromatic heterocycles. The number of nitrogen functional groups attached to an aromatic ring is 1. The minimum absolute atomic E-state index is 0.383. The van der Waals surface area contributed by atoms with Crippen LogP contribution in [-0.2, 0) is 0 Å². The summed E-state index contributed by atoms with van der Waals surface area (Å²) in [5, 5.41) is 12.1. The Hall–Kier alpha value is -2.61. The average Bonchev–Trinajstić information content (AvgIpc) is 2.29. The second-order valence-electron chi connectivity index (χ2n) is 3.56. The Bertz CT molecular complexity index is 586. The maximum absolute atomic E-state index is 9.08. The zero-order valence-electron chi connectivity index (χ0n) is 9.31. The number of benzene rings is 1. The van der Waals surface area contributed by atoms with E-state index in [2.05, 4.69) is 21.4 Å². The molecule has 0 aliphatic heterocycles. The molecule has 5 nitrogen and oxygen atoms in total. The molecular weight excluding hydrogens is 214 g/mol. The number of nitriles is 1. The standard InChI is InChI=1S/C12H11N5/c1-8-3-2-4-10(9(8)6-13)17-12-5-11(14)15-7-16-12/h2-5,7H,1H3,(H3,14,15,16,17). The zero-order valence-corrected chi connectivity index (χ0v) is 9.31. The number of nitrogens with zero attached hydrogens (tertiary/aromatic N) is 3. The Labute approximate surface area is 98.9 Å². The maximum atomic E-state index is 9.08. The van der Waals surface area contributed by atoms with Crippen molar-refractivity contribution in [3.63, 3.8) is 0 Å². The summed E-state index contributed by atoms with van der Waals surface area (Å²) in [6.45, 7) is 1.89. The smallest absolute Gasteiger partial charge is 0.135 e. The van der Waals surface area contributed by atoms with Crippen molar-refractivity contribution in [1.82, 2.24) is 9.97 Å². The minimum atomic E-state index is 0.383. The van der Waals surface area contributed by atoms with Crippen molar-refractivity contribution in [1.29, 1.82) is 5.26 Å². The van der Waals surface area contributed by atoms with Gasteiger partial charge in [0.15, 0.2) is 0 Å². The number of nitrogens with one attached hydrogen (secondary N) is 1. The number of rotatable bonds is 2. The Morgan fingerprint density at radius 1 is 1.35 bits per heavy atom. The van der Waals surface area contributed by atoms with Crippen molar-refractivity contribution in [2.24, 2.45) is 0 Å². The normalized spacial score (nSPS) is 9.65. The largest absolute Gasteiger partial charge is 0.384 e. The van der Waals surface area contributed by atoms with E-state index in [1.807, 2.05) is 25.1 Å². The summed E-state index contributed by atoms with van der Waals surface area (Å²) in [6.07, 6.45) is 1.37. The van der Waals surface area contributed by atoms with Crippen LogP contribution in [0.4, 0.5) is 17.3 Å². The zero-order chi connectivity index (χ0) is 12.3. The van der Waals surface area contributed by atoms with Crippen LogP contribution in [0.5, 0.6) is 0 Å². The van der Waals surface area contributed by atoms with Gasteiger partial charge >= 0.3 is 0 Å². The van der Waals surface area contributed by atoms with Gasteiger partial charge in [0.2, 0.25) is 0 Å². The number of nitrogens with two attached hydrogens (primary N) is 1. The minimum Gasteiger partial charge on any atom is -0.384 e. The highest BCUT2D eigenvalue weighted by molar-refractivity contribution is 5.67. The molecule has 0 unspecified atom stereocenters. The van der Waals surface area contributed by atoms with E-state index in [0.29, 0.717) is 22.9 Å². The molecule has 0 aliphatic rings. The molecule has 0 spiro atoms. The first-order valence-corrected chi connectivity index (χ1v) is 5.05. The monoisotopic (exact) mass is 225 g/mol. The van der Waals surface area contributed by atoms with E-state index in [1.54, 1.807) is 6.07 Å². The van der Waals surface area contributed by atoms with Crippen molar-refractivity contribution in [3.05, 3.63) is 41.7 Å². The van der Waals surface area contributed by atoms with Crippen molar-refractivity contribution in [2.45, 2.75) is 6.92 Å². The van der Waals surface area contributed by atoms with Crippen LogP contribution in [0.1, 0.15) is 11.1 Å². The first-order valence-electron chi connectivity index (χ1n) is 5.05. The Morgan fingerprint density at radius 2 is 2.18 bits per heavy atom. The van der Waals surface area contributed by atoms with E-state index in [4.69, 9.17) is 11.0 Å². The van der Waals surface area contributed by atoms with Crippen molar-refractivity contribution in [3.8, 4) is 6.07 Å². The van der Waals surface area contributed by atoms with E-state index in [1.165, 1.54) is 6.33 Å². The van der Waals surface area contributed by atoms with Gasteiger partial charge in [-0.25, -0.2) is 9.97 Å². The third kappa shape index (κ3) is 2.32. The number of hydrogen-bond donors (Lipinski definition) is 2. The van der Waals surface area contributed by atoms with Crippen LogP contribution < -0.4 is 11.1 Å². The molecular formula is C12H11N5. The highest BCUT2D eigenvalue weighted by atomic mass is 15.0. The fourth-order valence-corrected chi connectivity index (χ4v) is 1.50.